The van der Waals surface area contributed by atoms with E-state index in [0.717, 1.165) is 44.7 Å². The predicted molar refractivity (Wildman–Crippen MR) is 167 cm³/mol. The number of hydrogen-bond donors (Lipinski definition) is 4. The van der Waals surface area contributed by atoms with Gasteiger partial charge in [-0.1, -0.05) is 13.5 Å². The summed E-state index contributed by atoms with van der Waals surface area (Å²) in [7, 11) is 1.45. The van der Waals surface area contributed by atoms with Crippen molar-refractivity contribution >= 4 is 23.1 Å². The molecule has 3 aliphatic rings. The van der Waals surface area contributed by atoms with E-state index >= 15 is 4.39 Å². The highest BCUT2D eigenvalue weighted by molar-refractivity contribution is 6.18. The van der Waals surface area contributed by atoms with Crippen LogP contribution >= 0.6 is 0 Å². The number of anilines is 1. The zero-order valence-electron chi connectivity index (χ0n) is 25.7. The predicted octanol–water partition coefficient (Wildman–Crippen LogP) is 2.98. The third kappa shape index (κ3) is 5.87. The van der Waals surface area contributed by atoms with Crippen LogP contribution in [-0.4, -0.2) is 82.5 Å². The minimum atomic E-state index is -0.692. The van der Waals surface area contributed by atoms with Crippen LogP contribution in [-0.2, 0) is 0 Å². The maximum atomic E-state index is 15.3. The van der Waals surface area contributed by atoms with Gasteiger partial charge in [-0.2, -0.15) is 5.26 Å². The first kappa shape index (κ1) is 31.0. The highest BCUT2D eigenvalue weighted by Crippen LogP contribution is 2.38. The summed E-state index contributed by atoms with van der Waals surface area (Å²) in [6, 6.07) is 5.09. The fraction of sp³-hybridized carbons (Fsp3) is 0.484. The van der Waals surface area contributed by atoms with Gasteiger partial charge in [-0.05, 0) is 52.3 Å². The molecule has 13 heteroatoms. The van der Waals surface area contributed by atoms with E-state index in [2.05, 4.69) is 43.4 Å². The maximum Gasteiger partial charge on any atom is 0.254 e. The van der Waals surface area contributed by atoms with Crippen LogP contribution < -0.4 is 26.4 Å². The van der Waals surface area contributed by atoms with Crippen LogP contribution in [0.4, 0.5) is 10.1 Å². The van der Waals surface area contributed by atoms with Crippen molar-refractivity contribution in [2.45, 2.75) is 64.2 Å². The third-order valence-corrected chi connectivity index (χ3v) is 8.52. The number of imidazole rings is 1. The lowest BCUT2D eigenvalue weighted by molar-refractivity contribution is 0.0530. The molecule has 0 saturated carbocycles. The highest BCUT2D eigenvalue weighted by Gasteiger charge is 2.38. The van der Waals surface area contributed by atoms with Crippen molar-refractivity contribution in [2.24, 2.45) is 10.7 Å². The van der Waals surface area contributed by atoms with E-state index in [9.17, 15) is 10.1 Å². The molecule has 2 aromatic rings. The molecule has 1 aromatic carbocycles. The van der Waals surface area contributed by atoms with Gasteiger partial charge in [-0.25, -0.2) is 14.4 Å². The zero-order valence-corrected chi connectivity index (χ0v) is 25.7. The lowest BCUT2D eigenvalue weighted by atomic mass is 9.98. The summed E-state index contributed by atoms with van der Waals surface area (Å²) in [5.74, 6) is -0.180. The van der Waals surface area contributed by atoms with Gasteiger partial charge in [0.1, 0.15) is 35.5 Å². The number of methoxy groups -OCH3 is 1. The molecule has 0 aliphatic carbocycles. The van der Waals surface area contributed by atoms with E-state index in [1.807, 2.05) is 20.8 Å². The fourth-order valence-electron chi connectivity index (χ4n) is 6.38. The van der Waals surface area contributed by atoms with Gasteiger partial charge in [0.15, 0.2) is 11.5 Å². The van der Waals surface area contributed by atoms with Gasteiger partial charge in [0.05, 0.1) is 36.1 Å². The molecule has 1 amide bonds. The molecule has 0 spiro atoms. The maximum absolute atomic E-state index is 15.3. The van der Waals surface area contributed by atoms with Crippen LogP contribution in [0.1, 0.15) is 67.8 Å². The number of nitrogens with zero attached hydrogens (tertiary/aromatic N) is 6. The third-order valence-electron chi connectivity index (χ3n) is 8.52. The van der Waals surface area contributed by atoms with Crippen LogP contribution in [0.25, 0.3) is 5.70 Å². The van der Waals surface area contributed by atoms with Crippen LogP contribution in [0.2, 0.25) is 0 Å². The number of benzene rings is 1. The van der Waals surface area contributed by atoms with E-state index in [0.29, 0.717) is 29.7 Å². The van der Waals surface area contributed by atoms with Crippen molar-refractivity contribution < 1.29 is 13.9 Å². The number of carbonyl (C=O) groups is 1. The number of hydrogen-bond acceptors (Lipinski definition) is 9. The van der Waals surface area contributed by atoms with Gasteiger partial charge in [-0.15, -0.1) is 0 Å². The van der Waals surface area contributed by atoms with Crippen LogP contribution in [0.15, 0.2) is 42.1 Å². The number of aromatic nitrogens is 2. The fourth-order valence-corrected chi connectivity index (χ4v) is 6.38. The normalized spacial score (nSPS) is 21.2. The number of aliphatic imine (C=N–C) groups is 1. The molecule has 2 fully saturated rings. The van der Waals surface area contributed by atoms with Gasteiger partial charge >= 0.3 is 0 Å². The standard InChI is InChI=1S/C31H41FN10O2/c1-6-26-29-25(13-33)36-17-41(29)27(14-34)30(42(26)18(2)3)38-19(4)37-24-12-23(32)22(11-28(24)44-5)31(43)39-20-15-40(16-20)21-7-9-35-10-8-21/h11-12,14,17-18,20-21,26,35,37H,4,6-10,15-16,34H2,1-3,5H3,(H,39,43)/b27-14+,38-30?/t26-/m1/s1. The lowest BCUT2D eigenvalue weighted by Gasteiger charge is -2.45. The Labute approximate surface area is 257 Å². The van der Waals surface area contributed by atoms with E-state index < -0.39 is 11.7 Å². The zero-order chi connectivity index (χ0) is 31.5. The van der Waals surface area contributed by atoms with Crippen molar-refractivity contribution in [1.82, 2.24) is 30.0 Å². The molecule has 12 nitrogen and oxygen atoms in total. The van der Waals surface area contributed by atoms with Crippen molar-refractivity contribution in [3.8, 4) is 11.8 Å². The molecular formula is C31H41FN10O2. The molecule has 0 bridgehead atoms. The van der Waals surface area contributed by atoms with Crippen molar-refractivity contribution in [3.05, 3.63) is 59.8 Å². The summed E-state index contributed by atoms with van der Waals surface area (Å²) in [6.07, 6.45) is 5.87. The summed E-state index contributed by atoms with van der Waals surface area (Å²) >= 11 is 0. The van der Waals surface area contributed by atoms with E-state index in [1.54, 1.807) is 10.9 Å². The number of fused-ring (bicyclic) bond motifs is 1. The van der Waals surface area contributed by atoms with E-state index in [1.165, 1.54) is 25.4 Å². The number of nitrogens with one attached hydrogen (secondary N) is 3. The highest BCUT2D eigenvalue weighted by atomic mass is 19.1. The molecule has 3 aliphatic heterocycles. The second-order valence-corrected chi connectivity index (χ2v) is 11.6. The Bertz CT molecular complexity index is 1510. The number of nitrogens with two attached hydrogens (primary N) is 1. The molecule has 2 saturated heterocycles. The summed E-state index contributed by atoms with van der Waals surface area (Å²) in [5.41, 5.74) is 7.87. The van der Waals surface area contributed by atoms with Gasteiger partial charge in [0, 0.05) is 37.4 Å². The second-order valence-electron chi connectivity index (χ2n) is 11.6. The molecule has 0 unspecified atom stereocenters. The number of carbonyl (C=O) groups excluding carboxylic acids is 1. The molecule has 4 heterocycles. The van der Waals surface area contributed by atoms with Gasteiger partial charge in [0.25, 0.3) is 5.91 Å². The van der Waals surface area contributed by atoms with Gasteiger partial charge < -0.3 is 31.3 Å². The Morgan fingerprint density at radius 3 is 2.70 bits per heavy atom. The average molecular weight is 605 g/mol. The minimum Gasteiger partial charge on any atom is -0.495 e. The smallest absolute Gasteiger partial charge is 0.254 e. The number of amidine groups is 1. The molecule has 5 N–H and O–H groups in total. The van der Waals surface area contributed by atoms with Gasteiger partial charge in [0.2, 0.25) is 0 Å². The summed E-state index contributed by atoms with van der Waals surface area (Å²) in [4.78, 5) is 26.5. The second kappa shape index (κ2) is 13.1. The molecule has 1 atom stereocenters. The Balaban J connectivity index is 1.34. The number of piperidine rings is 1. The van der Waals surface area contributed by atoms with Crippen LogP contribution in [0.5, 0.6) is 5.75 Å². The molecule has 5 rings (SSSR count). The minimum absolute atomic E-state index is 0.0103. The summed E-state index contributed by atoms with van der Waals surface area (Å²) in [5, 5.41) is 19.0. The Morgan fingerprint density at radius 1 is 1.36 bits per heavy atom. The number of amides is 1. The summed E-state index contributed by atoms with van der Waals surface area (Å²) in [6.45, 7) is 13.7. The SMILES string of the molecule is C=C(N=C1/C(=C\N)n2cnc(C#N)c2[C@@H](CC)N1C(C)C)Nc1cc(F)c(C(=O)NC2CN(C3CCNCC3)C2)cc1OC. The Kier molecular flexibility index (Phi) is 9.22. The number of likely N-dealkylation sites (tertiary alicyclic amines) is 1. The van der Waals surface area contributed by atoms with Crippen LogP contribution in [0, 0.1) is 17.1 Å². The van der Waals surface area contributed by atoms with E-state index in [4.69, 9.17) is 15.5 Å². The topological polar surface area (TPSA) is 149 Å². The van der Waals surface area contributed by atoms with E-state index in [-0.39, 0.29) is 40.9 Å². The van der Waals surface area contributed by atoms with Crippen molar-refractivity contribution in [1.29, 1.82) is 5.26 Å². The first-order valence-electron chi connectivity index (χ1n) is 15.1. The number of ether oxygens (including phenoxy) is 1. The number of halogens is 1. The molecule has 234 valence electrons. The molecule has 0 radical (unpaired) electrons. The van der Waals surface area contributed by atoms with Crippen molar-refractivity contribution in [2.75, 3.05) is 38.6 Å². The quantitative estimate of drug-likeness (QED) is 0.339. The first-order chi connectivity index (χ1) is 21.2. The Hall–Kier alpha value is -4.41. The molecule has 44 heavy (non-hydrogen) atoms. The van der Waals surface area contributed by atoms with Crippen molar-refractivity contribution in [3.63, 3.8) is 0 Å². The van der Waals surface area contributed by atoms with Crippen LogP contribution in [0.3, 0.4) is 0 Å². The number of rotatable bonds is 9. The lowest BCUT2D eigenvalue weighted by Crippen LogP contribution is -2.63. The molecular weight excluding hydrogens is 563 g/mol. The Morgan fingerprint density at radius 2 is 2.09 bits per heavy atom. The largest absolute Gasteiger partial charge is 0.495 e. The average Bonchev–Trinajstić information content (AvgIpc) is 3.42. The first-order valence-corrected chi connectivity index (χ1v) is 15.1. The molecule has 1 aromatic heterocycles. The monoisotopic (exact) mass is 604 g/mol. The summed E-state index contributed by atoms with van der Waals surface area (Å²) < 4.78 is 22.6. The van der Waals surface area contributed by atoms with Gasteiger partial charge in [-0.3, -0.25) is 14.3 Å². The number of nitriles is 1.